The van der Waals surface area contributed by atoms with E-state index in [1.807, 2.05) is 0 Å². The minimum absolute atomic E-state index is 0.128. The van der Waals surface area contributed by atoms with Gasteiger partial charge in [-0.3, -0.25) is 4.79 Å². The van der Waals surface area contributed by atoms with Crippen LogP contribution in [0.25, 0.3) is 0 Å². The number of halogens is 3. The molecule has 1 atom stereocenters. The van der Waals surface area contributed by atoms with Crippen LogP contribution in [0.1, 0.15) is 12.5 Å². The highest BCUT2D eigenvalue weighted by atomic mass is 19.4. The van der Waals surface area contributed by atoms with Gasteiger partial charge < -0.3 is 15.7 Å². The maximum absolute atomic E-state index is 12.3. The lowest BCUT2D eigenvalue weighted by Gasteiger charge is -2.11. The number of rotatable bonds is 3. The Hall–Kier alpha value is -2.25. The monoisotopic (exact) mass is 276 g/mol. The summed E-state index contributed by atoms with van der Waals surface area (Å²) in [7, 11) is 0. The second kappa shape index (κ2) is 5.59. The molecule has 0 radical (unpaired) electrons. The summed E-state index contributed by atoms with van der Waals surface area (Å²) in [5.41, 5.74) is -0.708. The second-order valence-corrected chi connectivity index (χ2v) is 3.73. The Morgan fingerprint density at radius 3 is 2.16 bits per heavy atom. The predicted octanol–water partition coefficient (Wildman–Crippen LogP) is 2.30. The van der Waals surface area contributed by atoms with E-state index >= 15 is 0 Å². The average molecular weight is 276 g/mol. The maximum Gasteiger partial charge on any atom is 0.416 e. The molecule has 0 saturated heterocycles. The quantitative estimate of drug-likeness (QED) is 0.792. The molecule has 104 valence electrons. The van der Waals surface area contributed by atoms with Crippen molar-refractivity contribution in [3.05, 3.63) is 29.8 Å². The number of hydrogen-bond donors (Lipinski definition) is 3. The standard InChI is InChI=1S/C11H11F3N2O3/c1-6(9(17)18)15-10(19)16-8-4-2-7(3-5-8)11(12,13)14/h2-6H,1H3,(H,17,18)(H2,15,16,19)/t6-/m0/s1. The number of carboxylic acid groups (broad SMARTS) is 1. The Kier molecular flexibility index (Phi) is 4.36. The highest BCUT2D eigenvalue weighted by Gasteiger charge is 2.30. The van der Waals surface area contributed by atoms with Crippen molar-refractivity contribution in [1.29, 1.82) is 0 Å². The molecule has 1 rings (SSSR count). The molecule has 1 aromatic rings. The molecule has 0 aliphatic carbocycles. The number of urea groups is 1. The summed E-state index contributed by atoms with van der Waals surface area (Å²) < 4.78 is 36.8. The Labute approximate surface area is 106 Å². The van der Waals surface area contributed by atoms with Crippen molar-refractivity contribution in [2.75, 3.05) is 5.32 Å². The number of anilines is 1. The average Bonchev–Trinajstić information content (AvgIpc) is 2.28. The molecule has 0 aliphatic heterocycles. The van der Waals surface area contributed by atoms with Gasteiger partial charge in [0.1, 0.15) is 6.04 Å². The van der Waals surface area contributed by atoms with E-state index in [1.165, 1.54) is 6.92 Å². The summed E-state index contributed by atoms with van der Waals surface area (Å²) in [4.78, 5) is 21.8. The predicted molar refractivity (Wildman–Crippen MR) is 60.7 cm³/mol. The largest absolute Gasteiger partial charge is 0.480 e. The molecule has 0 fully saturated rings. The van der Waals surface area contributed by atoms with Crippen LogP contribution in [0.2, 0.25) is 0 Å². The second-order valence-electron chi connectivity index (χ2n) is 3.73. The third-order valence-electron chi connectivity index (χ3n) is 2.19. The van der Waals surface area contributed by atoms with E-state index < -0.39 is 29.8 Å². The van der Waals surface area contributed by atoms with Gasteiger partial charge in [-0.1, -0.05) is 0 Å². The van der Waals surface area contributed by atoms with Crippen molar-refractivity contribution < 1.29 is 27.9 Å². The number of hydrogen-bond acceptors (Lipinski definition) is 2. The zero-order valence-corrected chi connectivity index (χ0v) is 9.78. The number of carboxylic acids is 1. The first-order valence-corrected chi connectivity index (χ1v) is 5.17. The number of alkyl halides is 3. The molecule has 0 spiro atoms. The van der Waals surface area contributed by atoms with Crippen LogP contribution in [-0.4, -0.2) is 23.1 Å². The maximum atomic E-state index is 12.3. The number of nitrogens with one attached hydrogen (secondary N) is 2. The van der Waals surface area contributed by atoms with Gasteiger partial charge >= 0.3 is 18.2 Å². The fourth-order valence-corrected chi connectivity index (χ4v) is 1.17. The molecular formula is C11H11F3N2O3. The molecule has 0 heterocycles. The minimum atomic E-state index is -4.45. The lowest BCUT2D eigenvalue weighted by molar-refractivity contribution is -0.139. The van der Waals surface area contributed by atoms with E-state index in [1.54, 1.807) is 0 Å². The summed E-state index contributed by atoms with van der Waals surface area (Å²) >= 11 is 0. The van der Waals surface area contributed by atoms with Crippen LogP contribution >= 0.6 is 0 Å². The SMILES string of the molecule is C[C@H](NC(=O)Nc1ccc(C(F)(F)F)cc1)C(=O)O. The van der Waals surface area contributed by atoms with Crippen LogP contribution in [-0.2, 0) is 11.0 Å². The molecule has 1 aromatic carbocycles. The molecule has 0 aromatic heterocycles. The van der Waals surface area contributed by atoms with Crippen molar-refractivity contribution in [3.63, 3.8) is 0 Å². The smallest absolute Gasteiger partial charge is 0.416 e. The van der Waals surface area contributed by atoms with Gasteiger partial charge in [0.2, 0.25) is 0 Å². The van der Waals surface area contributed by atoms with E-state index in [-0.39, 0.29) is 5.69 Å². The van der Waals surface area contributed by atoms with Gasteiger partial charge in [0.15, 0.2) is 0 Å². The molecule has 2 amide bonds. The molecule has 0 aliphatic rings. The summed E-state index contributed by atoms with van der Waals surface area (Å²) in [6.07, 6.45) is -4.45. The first-order chi connectivity index (χ1) is 8.70. The zero-order valence-electron chi connectivity index (χ0n) is 9.78. The Bertz CT molecular complexity index is 471. The molecule has 5 nitrogen and oxygen atoms in total. The first-order valence-electron chi connectivity index (χ1n) is 5.17. The topological polar surface area (TPSA) is 78.4 Å². The van der Waals surface area contributed by atoms with Gasteiger partial charge in [-0.2, -0.15) is 13.2 Å². The van der Waals surface area contributed by atoms with Crippen molar-refractivity contribution in [2.45, 2.75) is 19.1 Å². The van der Waals surface area contributed by atoms with Crippen molar-refractivity contribution >= 4 is 17.7 Å². The number of carbonyl (C=O) groups excluding carboxylic acids is 1. The van der Waals surface area contributed by atoms with E-state index in [9.17, 15) is 22.8 Å². The van der Waals surface area contributed by atoms with Gasteiger partial charge in [-0.05, 0) is 31.2 Å². The van der Waals surface area contributed by atoms with Gasteiger partial charge in [-0.25, -0.2) is 4.79 Å². The van der Waals surface area contributed by atoms with Crippen molar-refractivity contribution in [3.8, 4) is 0 Å². The lowest BCUT2D eigenvalue weighted by atomic mass is 10.2. The van der Waals surface area contributed by atoms with Gasteiger partial charge in [0, 0.05) is 5.69 Å². The lowest BCUT2D eigenvalue weighted by Crippen LogP contribution is -2.40. The third kappa shape index (κ3) is 4.49. The molecule has 0 unspecified atom stereocenters. The normalized spacial score (nSPS) is 12.6. The van der Waals surface area contributed by atoms with Crippen molar-refractivity contribution in [2.24, 2.45) is 0 Å². The Morgan fingerprint density at radius 1 is 1.21 bits per heavy atom. The van der Waals surface area contributed by atoms with Crippen LogP contribution in [0.15, 0.2) is 24.3 Å². The molecule has 3 N–H and O–H groups in total. The zero-order chi connectivity index (χ0) is 14.6. The molecule has 8 heteroatoms. The van der Waals surface area contributed by atoms with Gasteiger partial charge in [-0.15, -0.1) is 0 Å². The van der Waals surface area contributed by atoms with Crippen molar-refractivity contribution in [1.82, 2.24) is 5.32 Å². The molecule has 19 heavy (non-hydrogen) atoms. The van der Waals surface area contributed by atoms with E-state index in [0.717, 1.165) is 24.3 Å². The Balaban J connectivity index is 2.63. The minimum Gasteiger partial charge on any atom is -0.480 e. The van der Waals surface area contributed by atoms with Gasteiger partial charge in [0.25, 0.3) is 0 Å². The summed E-state index contributed by atoms with van der Waals surface area (Å²) in [5.74, 6) is -1.22. The van der Waals surface area contributed by atoms with E-state index in [2.05, 4.69) is 10.6 Å². The van der Waals surface area contributed by atoms with Crippen LogP contribution in [0.3, 0.4) is 0 Å². The van der Waals surface area contributed by atoms with Crippen LogP contribution in [0.5, 0.6) is 0 Å². The van der Waals surface area contributed by atoms with E-state index in [0.29, 0.717) is 0 Å². The number of carbonyl (C=O) groups is 2. The summed E-state index contributed by atoms with van der Waals surface area (Å²) in [5, 5.41) is 12.9. The highest BCUT2D eigenvalue weighted by molar-refractivity contribution is 5.92. The number of amides is 2. The molecule has 0 bridgehead atoms. The first kappa shape index (κ1) is 14.8. The summed E-state index contributed by atoms with van der Waals surface area (Å²) in [6, 6.07) is 1.87. The van der Waals surface area contributed by atoms with E-state index in [4.69, 9.17) is 5.11 Å². The molecule has 0 saturated carbocycles. The van der Waals surface area contributed by atoms with Crippen LogP contribution < -0.4 is 10.6 Å². The molecular weight excluding hydrogens is 265 g/mol. The van der Waals surface area contributed by atoms with Gasteiger partial charge in [0.05, 0.1) is 5.56 Å². The Morgan fingerprint density at radius 2 is 1.74 bits per heavy atom. The summed E-state index contributed by atoms with van der Waals surface area (Å²) in [6.45, 7) is 1.26. The fraction of sp³-hybridized carbons (Fsp3) is 0.273. The number of benzene rings is 1. The van der Waals surface area contributed by atoms with Crippen LogP contribution in [0, 0.1) is 0 Å². The number of aliphatic carboxylic acids is 1. The third-order valence-corrected chi connectivity index (χ3v) is 2.19. The highest BCUT2D eigenvalue weighted by Crippen LogP contribution is 2.29. The fourth-order valence-electron chi connectivity index (χ4n) is 1.17. The van der Waals surface area contributed by atoms with Crippen LogP contribution in [0.4, 0.5) is 23.7 Å².